The summed E-state index contributed by atoms with van der Waals surface area (Å²) >= 11 is 0. The number of benzene rings is 1. The molecule has 3 rings (SSSR count). The van der Waals surface area contributed by atoms with Crippen LogP contribution in [0.3, 0.4) is 0 Å². The molecule has 1 heteroatoms. The second-order valence-corrected chi connectivity index (χ2v) is 7.54. The van der Waals surface area contributed by atoms with Crippen LogP contribution in [0.2, 0.25) is 0 Å². The van der Waals surface area contributed by atoms with Gasteiger partial charge in [-0.3, -0.25) is 0 Å². The highest BCUT2D eigenvalue weighted by molar-refractivity contribution is 5.16. The average molecular weight is 257 g/mol. The third-order valence-electron chi connectivity index (χ3n) is 5.87. The van der Waals surface area contributed by atoms with Gasteiger partial charge in [0.15, 0.2) is 0 Å². The van der Waals surface area contributed by atoms with E-state index in [4.69, 9.17) is 0 Å². The smallest absolute Gasteiger partial charge is 0.0175 e. The molecule has 2 saturated carbocycles. The predicted octanol–water partition coefficient (Wildman–Crippen LogP) is 4.03. The van der Waals surface area contributed by atoms with E-state index in [-0.39, 0.29) is 0 Å². The quantitative estimate of drug-likeness (QED) is 0.858. The lowest BCUT2D eigenvalue weighted by Crippen LogP contribution is -2.50. The number of nitrogens with one attached hydrogen (secondary N) is 1. The molecule has 1 nitrogen and oxygen atoms in total. The van der Waals surface area contributed by atoms with Crippen LogP contribution >= 0.6 is 0 Å². The van der Waals surface area contributed by atoms with Gasteiger partial charge in [0.25, 0.3) is 0 Å². The zero-order valence-electron chi connectivity index (χ0n) is 12.6. The van der Waals surface area contributed by atoms with Crippen molar-refractivity contribution < 1.29 is 0 Å². The Bertz CT molecular complexity index is 432. The van der Waals surface area contributed by atoms with E-state index >= 15 is 0 Å². The van der Waals surface area contributed by atoms with Crippen molar-refractivity contribution in [3.8, 4) is 0 Å². The van der Waals surface area contributed by atoms with Crippen molar-refractivity contribution in [3.05, 3.63) is 35.9 Å². The fourth-order valence-electron chi connectivity index (χ4n) is 4.82. The minimum absolute atomic E-state index is 0.476. The molecule has 1 aromatic rings. The van der Waals surface area contributed by atoms with Crippen molar-refractivity contribution in [2.75, 3.05) is 6.54 Å². The van der Waals surface area contributed by atoms with E-state index in [9.17, 15) is 0 Å². The van der Waals surface area contributed by atoms with E-state index in [1.165, 1.54) is 24.8 Å². The molecule has 2 aliphatic carbocycles. The molecule has 1 N–H and O–H groups in total. The molecule has 19 heavy (non-hydrogen) atoms. The van der Waals surface area contributed by atoms with Crippen LogP contribution in [0.1, 0.15) is 45.6 Å². The van der Waals surface area contributed by atoms with Gasteiger partial charge >= 0.3 is 0 Å². The topological polar surface area (TPSA) is 12.0 Å². The van der Waals surface area contributed by atoms with Gasteiger partial charge in [0.1, 0.15) is 0 Å². The molecule has 0 aliphatic heterocycles. The summed E-state index contributed by atoms with van der Waals surface area (Å²) in [6, 6.07) is 11.5. The minimum Gasteiger partial charge on any atom is -0.313 e. The van der Waals surface area contributed by atoms with Crippen LogP contribution in [-0.4, -0.2) is 12.6 Å². The van der Waals surface area contributed by atoms with E-state index in [2.05, 4.69) is 56.4 Å². The van der Waals surface area contributed by atoms with E-state index in [1.807, 2.05) is 0 Å². The van der Waals surface area contributed by atoms with Gasteiger partial charge in [0, 0.05) is 6.04 Å². The van der Waals surface area contributed by atoms with Crippen molar-refractivity contribution >= 4 is 0 Å². The van der Waals surface area contributed by atoms with Crippen molar-refractivity contribution in [1.29, 1.82) is 0 Å². The number of fused-ring (bicyclic) bond motifs is 2. The lowest BCUT2D eigenvalue weighted by atomic mass is 9.68. The van der Waals surface area contributed by atoms with Crippen molar-refractivity contribution in [3.63, 3.8) is 0 Å². The minimum atomic E-state index is 0.476. The zero-order valence-corrected chi connectivity index (χ0v) is 12.6. The van der Waals surface area contributed by atoms with Crippen molar-refractivity contribution in [2.45, 2.75) is 52.5 Å². The maximum atomic E-state index is 3.89. The zero-order chi connectivity index (χ0) is 13.5. The Morgan fingerprint density at radius 1 is 1.16 bits per heavy atom. The molecule has 3 atom stereocenters. The van der Waals surface area contributed by atoms with Crippen LogP contribution in [-0.2, 0) is 6.42 Å². The summed E-state index contributed by atoms with van der Waals surface area (Å²) in [6.07, 6.45) is 5.45. The Labute approximate surface area is 117 Å². The molecule has 0 radical (unpaired) electrons. The number of hydrogen-bond acceptors (Lipinski definition) is 1. The molecule has 0 saturated heterocycles. The van der Waals surface area contributed by atoms with E-state index < -0.39 is 0 Å². The van der Waals surface area contributed by atoms with Gasteiger partial charge in [-0.25, -0.2) is 0 Å². The summed E-state index contributed by atoms with van der Waals surface area (Å²) in [5.74, 6) is 0.937. The Hall–Kier alpha value is -0.820. The monoisotopic (exact) mass is 257 g/mol. The van der Waals surface area contributed by atoms with Crippen LogP contribution in [0, 0.1) is 16.7 Å². The first-order chi connectivity index (χ1) is 9.02. The standard InChI is InChI=1S/C18H27N/c1-17(2)15-9-11-18(3,13-15)16(17)19-12-10-14-7-5-4-6-8-14/h4-8,15-16,19H,9-13H2,1-3H3/t15-,16?,18+/m0/s1. The first-order valence-electron chi connectivity index (χ1n) is 7.80. The van der Waals surface area contributed by atoms with Gasteiger partial charge in [-0.05, 0) is 54.5 Å². The summed E-state index contributed by atoms with van der Waals surface area (Å²) < 4.78 is 0. The fourth-order valence-corrected chi connectivity index (χ4v) is 4.82. The maximum absolute atomic E-state index is 3.89. The lowest BCUT2D eigenvalue weighted by Gasteiger charge is -2.43. The number of rotatable bonds is 4. The number of hydrogen-bond donors (Lipinski definition) is 1. The fraction of sp³-hybridized carbons (Fsp3) is 0.667. The summed E-state index contributed by atoms with van der Waals surface area (Å²) in [6.45, 7) is 8.56. The molecule has 0 heterocycles. The van der Waals surface area contributed by atoms with Gasteiger partial charge in [-0.2, -0.15) is 0 Å². The SMILES string of the molecule is CC1(C)C(NCCc2ccccc2)[C@]2(C)CC[C@H]1C2. The molecule has 2 fully saturated rings. The van der Waals surface area contributed by atoms with Gasteiger partial charge in [-0.1, -0.05) is 51.1 Å². The first kappa shape index (κ1) is 13.2. The van der Waals surface area contributed by atoms with Gasteiger partial charge in [-0.15, -0.1) is 0 Å². The summed E-state index contributed by atoms with van der Waals surface area (Å²) in [5, 5.41) is 3.89. The molecular weight excluding hydrogens is 230 g/mol. The van der Waals surface area contributed by atoms with Crippen LogP contribution in [0.15, 0.2) is 30.3 Å². The second kappa shape index (κ2) is 4.63. The van der Waals surface area contributed by atoms with Crippen LogP contribution in [0.4, 0.5) is 0 Å². The Kier molecular flexibility index (Phi) is 3.21. The second-order valence-electron chi connectivity index (χ2n) is 7.54. The first-order valence-corrected chi connectivity index (χ1v) is 7.80. The maximum Gasteiger partial charge on any atom is 0.0175 e. The van der Waals surface area contributed by atoms with Gasteiger partial charge < -0.3 is 5.32 Å². The van der Waals surface area contributed by atoms with Crippen LogP contribution in [0.25, 0.3) is 0 Å². The lowest BCUT2D eigenvalue weighted by molar-refractivity contribution is 0.110. The highest BCUT2D eigenvalue weighted by atomic mass is 15.0. The van der Waals surface area contributed by atoms with E-state index in [0.717, 1.165) is 18.9 Å². The highest BCUT2D eigenvalue weighted by Gasteiger charge is 2.58. The molecule has 104 valence electrons. The Morgan fingerprint density at radius 3 is 2.53 bits per heavy atom. The van der Waals surface area contributed by atoms with Crippen LogP contribution in [0.5, 0.6) is 0 Å². The normalized spacial score (nSPS) is 35.7. The molecule has 0 spiro atoms. The van der Waals surface area contributed by atoms with Crippen molar-refractivity contribution in [2.24, 2.45) is 16.7 Å². The third-order valence-corrected chi connectivity index (χ3v) is 5.87. The third kappa shape index (κ3) is 2.23. The highest BCUT2D eigenvalue weighted by Crippen LogP contribution is 2.62. The van der Waals surface area contributed by atoms with Crippen molar-refractivity contribution in [1.82, 2.24) is 5.32 Å². The van der Waals surface area contributed by atoms with E-state index in [0.29, 0.717) is 16.9 Å². The summed E-state index contributed by atoms with van der Waals surface area (Å²) in [4.78, 5) is 0. The van der Waals surface area contributed by atoms with Gasteiger partial charge in [0.05, 0.1) is 0 Å². The molecule has 2 aliphatic rings. The van der Waals surface area contributed by atoms with E-state index in [1.54, 1.807) is 0 Å². The molecule has 1 unspecified atom stereocenters. The molecule has 1 aromatic carbocycles. The molecular formula is C18H27N. The Morgan fingerprint density at radius 2 is 1.89 bits per heavy atom. The largest absolute Gasteiger partial charge is 0.313 e. The van der Waals surface area contributed by atoms with Crippen LogP contribution < -0.4 is 5.32 Å². The average Bonchev–Trinajstić information content (AvgIpc) is 2.86. The Balaban J connectivity index is 1.61. The molecule has 0 aromatic heterocycles. The summed E-state index contributed by atoms with van der Waals surface area (Å²) in [7, 11) is 0. The molecule has 2 bridgehead atoms. The van der Waals surface area contributed by atoms with Gasteiger partial charge in [0.2, 0.25) is 0 Å². The predicted molar refractivity (Wildman–Crippen MR) is 81.2 cm³/mol. The summed E-state index contributed by atoms with van der Waals surface area (Å²) in [5.41, 5.74) is 2.47. The molecule has 0 amide bonds.